The van der Waals surface area contributed by atoms with Crippen LogP contribution in [0.4, 0.5) is 5.95 Å². The lowest BCUT2D eigenvalue weighted by Crippen LogP contribution is -3.13. The number of hydrogen-bond acceptors (Lipinski definition) is 7. The van der Waals surface area contributed by atoms with Crippen molar-refractivity contribution in [2.24, 2.45) is 0 Å². The first-order valence-electron chi connectivity index (χ1n) is 12.0. The Kier molecular flexibility index (Phi) is 6.95. The van der Waals surface area contributed by atoms with Crippen LogP contribution < -0.4 is 15.4 Å². The van der Waals surface area contributed by atoms with Crippen molar-refractivity contribution in [2.75, 3.05) is 31.1 Å². The first-order valence-corrected chi connectivity index (χ1v) is 12.4. The molecular formula is C27H25ClN7O2+. The standard InChI is InChI=1S/C27H24ClN7O2/c1-17-7-8-22-19(13-17)26(37)33-25(31-22)20(14-29)24(36)23-21(28)15-30-27(32-23)35-11-9-34(10-12-35)16-18-5-3-2-4-6-18/h2-8,13,15,20H,9-12,16H2,1H3,(H,31,33,37)/p+1/t20-/m0/s1. The second kappa shape index (κ2) is 10.5. The van der Waals surface area contributed by atoms with Crippen LogP contribution in [-0.4, -0.2) is 51.9 Å². The lowest BCUT2D eigenvalue weighted by atomic mass is 10.0. The fourth-order valence-corrected chi connectivity index (χ4v) is 4.74. The van der Waals surface area contributed by atoms with Crippen molar-refractivity contribution in [1.29, 1.82) is 5.26 Å². The number of halogens is 1. The van der Waals surface area contributed by atoms with Gasteiger partial charge in [-0.05, 0) is 19.1 Å². The molecule has 0 aliphatic carbocycles. The number of Topliss-reactive ketones (excluding diaryl/α,β-unsaturated/α-hetero) is 1. The third kappa shape index (κ3) is 5.21. The molecule has 0 spiro atoms. The van der Waals surface area contributed by atoms with Crippen molar-refractivity contribution in [3.8, 4) is 6.07 Å². The summed E-state index contributed by atoms with van der Waals surface area (Å²) < 4.78 is 0. The summed E-state index contributed by atoms with van der Waals surface area (Å²) in [5.41, 5.74) is 2.12. The average molecular weight is 515 g/mol. The SMILES string of the molecule is Cc1ccc2nc([C@@H](C#N)C(=O)c3nc(N4CC[NH+](Cc5ccccc5)CC4)ncc3Cl)[nH]c(=O)c2c1. The van der Waals surface area contributed by atoms with Crippen molar-refractivity contribution in [3.63, 3.8) is 0 Å². The number of nitrogens with one attached hydrogen (secondary N) is 2. The Morgan fingerprint density at radius 3 is 2.68 bits per heavy atom. The molecule has 4 aromatic rings. The number of benzene rings is 2. The van der Waals surface area contributed by atoms with Gasteiger partial charge in [0, 0.05) is 5.56 Å². The lowest BCUT2D eigenvalue weighted by molar-refractivity contribution is -0.914. The number of fused-ring (bicyclic) bond motifs is 1. The fraction of sp³-hybridized carbons (Fsp3) is 0.259. The molecule has 1 atom stereocenters. The van der Waals surface area contributed by atoms with Crippen LogP contribution in [0.3, 0.4) is 0 Å². The van der Waals surface area contributed by atoms with Gasteiger partial charge in [0.2, 0.25) is 11.7 Å². The molecule has 1 saturated heterocycles. The summed E-state index contributed by atoms with van der Waals surface area (Å²) in [6.07, 6.45) is 1.38. The Hall–Kier alpha value is -4.13. The Bertz CT molecular complexity index is 1560. The highest BCUT2D eigenvalue weighted by Crippen LogP contribution is 2.24. The monoisotopic (exact) mass is 514 g/mol. The van der Waals surface area contributed by atoms with Crippen molar-refractivity contribution >= 4 is 34.2 Å². The van der Waals surface area contributed by atoms with Gasteiger partial charge in [-0.1, -0.05) is 53.6 Å². The molecule has 5 rings (SSSR count). The topological polar surface area (TPSA) is 120 Å². The zero-order valence-corrected chi connectivity index (χ0v) is 21.0. The second-order valence-corrected chi connectivity index (χ2v) is 9.57. The maximum atomic E-state index is 13.4. The number of ketones is 1. The highest BCUT2D eigenvalue weighted by Gasteiger charge is 2.30. The van der Waals surface area contributed by atoms with Gasteiger partial charge >= 0.3 is 0 Å². The van der Waals surface area contributed by atoms with Gasteiger partial charge < -0.3 is 14.8 Å². The van der Waals surface area contributed by atoms with E-state index in [1.807, 2.05) is 42.2 Å². The van der Waals surface area contributed by atoms with E-state index >= 15 is 0 Å². The number of nitrogens with zero attached hydrogens (tertiary/aromatic N) is 5. The lowest BCUT2D eigenvalue weighted by Gasteiger charge is -2.32. The van der Waals surface area contributed by atoms with Crippen LogP contribution in [0.1, 0.15) is 33.4 Å². The molecule has 37 heavy (non-hydrogen) atoms. The summed E-state index contributed by atoms with van der Waals surface area (Å²) in [6.45, 7) is 6.05. The number of aryl methyl sites for hydroxylation is 1. The number of piperazine rings is 1. The van der Waals surface area contributed by atoms with Gasteiger partial charge in [-0.15, -0.1) is 0 Å². The van der Waals surface area contributed by atoms with E-state index in [-0.39, 0.29) is 16.5 Å². The van der Waals surface area contributed by atoms with E-state index in [9.17, 15) is 14.9 Å². The zero-order valence-electron chi connectivity index (χ0n) is 20.2. The normalized spacial score (nSPS) is 14.9. The largest absolute Gasteiger partial charge is 0.330 e. The Morgan fingerprint density at radius 1 is 1.19 bits per heavy atom. The van der Waals surface area contributed by atoms with Crippen LogP contribution in [0.15, 0.2) is 59.5 Å². The molecule has 2 aromatic heterocycles. The third-order valence-corrected chi connectivity index (χ3v) is 6.84. The number of nitriles is 1. The predicted octanol–water partition coefficient (Wildman–Crippen LogP) is 2.07. The van der Waals surface area contributed by atoms with E-state index in [0.29, 0.717) is 16.9 Å². The molecule has 0 amide bonds. The van der Waals surface area contributed by atoms with Crippen LogP contribution in [0, 0.1) is 18.3 Å². The van der Waals surface area contributed by atoms with Gasteiger partial charge in [0.15, 0.2) is 5.92 Å². The Morgan fingerprint density at radius 2 is 1.95 bits per heavy atom. The minimum absolute atomic E-state index is 0.0387. The van der Waals surface area contributed by atoms with Gasteiger partial charge in [-0.3, -0.25) is 9.59 Å². The highest BCUT2D eigenvalue weighted by molar-refractivity contribution is 6.33. The van der Waals surface area contributed by atoms with Crippen molar-refractivity contribution < 1.29 is 9.69 Å². The molecule has 9 nitrogen and oxygen atoms in total. The molecule has 1 aliphatic rings. The van der Waals surface area contributed by atoms with Gasteiger partial charge in [0.1, 0.15) is 18.1 Å². The fourth-order valence-electron chi connectivity index (χ4n) is 4.56. The van der Waals surface area contributed by atoms with Crippen molar-refractivity contribution in [3.05, 3.63) is 92.7 Å². The van der Waals surface area contributed by atoms with E-state index in [1.54, 1.807) is 12.1 Å². The molecule has 1 aliphatic heterocycles. The number of anilines is 1. The average Bonchev–Trinajstić information content (AvgIpc) is 2.91. The summed E-state index contributed by atoms with van der Waals surface area (Å²) in [5.74, 6) is -1.66. The maximum absolute atomic E-state index is 13.4. The summed E-state index contributed by atoms with van der Waals surface area (Å²) in [6, 6.07) is 17.5. The van der Waals surface area contributed by atoms with Crippen LogP contribution in [-0.2, 0) is 6.54 Å². The summed E-state index contributed by atoms with van der Waals surface area (Å²) in [5, 5.41) is 10.3. The Balaban J connectivity index is 1.36. The number of aromatic nitrogens is 4. The maximum Gasteiger partial charge on any atom is 0.258 e. The minimum Gasteiger partial charge on any atom is -0.330 e. The first kappa shape index (κ1) is 24.6. The molecule has 0 saturated carbocycles. The van der Waals surface area contributed by atoms with Gasteiger partial charge in [-0.2, -0.15) is 5.26 Å². The molecule has 10 heteroatoms. The summed E-state index contributed by atoms with van der Waals surface area (Å²) >= 11 is 6.31. The van der Waals surface area contributed by atoms with Crippen LogP contribution in [0.5, 0.6) is 0 Å². The predicted molar refractivity (Wildman–Crippen MR) is 140 cm³/mol. The number of carbonyl (C=O) groups excluding carboxylic acids is 1. The molecule has 0 bridgehead atoms. The van der Waals surface area contributed by atoms with Crippen molar-refractivity contribution in [2.45, 2.75) is 19.4 Å². The molecule has 0 unspecified atom stereocenters. The third-order valence-electron chi connectivity index (χ3n) is 6.56. The van der Waals surface area contributed by atoms with Crippen molar-refractivity contribution in [1.82, 2.24) is 19.9 Å². The van der Waals surface area contributed by atoms with Gasteiger partial charge in [0.25, 0.3) is 5.56 Å². The summed E-state index contributed by atoms with van der Waals surface area (Å²) in [4.78, 5) is 45.3. The van der Waals surface area contributed by atoms with E-state index < -0.39 is 17.3 Å². The van der Waals surface area contributed by atoms with Gasteiger partial charge in [-0.25, -0.2) is 15.0 Å². The van der Waals surface area contributed by atoms with E-state index in [1.165, 1.54) is 16.7 Å². The number of carbonyl (C=O) groups is 1. The van der Waals surface area contributed by atoms with Crippen LogP contribution in [0.25, 0.3) is 10.9 Å². The number of quaternary nitrogens is 1. The quantitative estimate of drug-likeness (QED) is 0.378. The highest BCUT2D eigenvalue weighted by atomic mass is 35.5. The minimum atomic E-state index is -1.37. The first-order chi connectivity index (χ1) is 17.9. The van der Waals surface area contributed by atoms with E-state index in [4.69, 9.17) is 11.6 Å². The number of H-pyrrole nitrogens is 1. The van der Waals surface area contributed by atoms with Crippen LogP contribution in [0.2, 0.25) is 5.02 Å². The smallest absolute Gasteiger partial charge is 0.258 e. The molecule has 2 aromatic carbocycles. The molecule has 1 fully saturated rings. The molecule has 186 valence electrons. The number of rotatable bonds is 6. The second-order valence-electron chi connectivity index (χ2n) is 9.16. The molecule has 2 N–H and O–H groups in total. The molecular weight excluding hydrogens is 490 g/mol. The molecule has 0 radical (unpaired) electrons. The van der Waals surface area contributed by atoms with Crippen LogP contribution >= 0.6 is 11.6 Å². The Labute approximate surface area is 218 Å². The van der Waals surface area contributed by atoms with Gasteiger partial charge in [0.05, 0.1) is 54.4 Å². The summed E-state index contributed by atoms with van der Waals surface area (Å²) in [7, 11) is 0. The number of hydrogen-bond donors (Lipinski definition) is 2. The zero-order chi connectivity index (χ0) is 25.9. The van der Waals surface area contributed by atoms with E-state index in [2.05, 4.69) is 32.1 Å². The van der Waals surface area contributed by atoms with E-state index in [0.717, 1.165) is 38.3 Å². The number of aromatic amines is 1. The molecule has 3 heterocycles.